The van der Waals surface area contributed by atoms with Crippen LogP contribution >= 0.6 is 11.6 Å². The maximum Gasteiger partial charge on any atom is 0.356 e. The highest BCUT2D eigenvalue weighted by atomic mass is 35.5. The van der Waals surface area contributed by atoms with Gasteiger partial charge in [-0.1, -0.05) is 36.7 Å². The van der Waals surface area contributed by atoms with Crippen molar-refractivity contribution in [3.8, 4) is 22.3 Å². The van der Waals surface area contributed by atoms with Crippen molar-refractivity contribution in [2.75, 3.05) is 12.3 Å². The normalized spacial score (nSPS) is 13.5. The second kappa shape index (κ2) is 8.60. The summed E-state index contributed by atoms with van der Waals surface area (Å²) in [5, 5.41) is 0.584. The Bertz CT molecular complexity index is 1300. The molecule has 1 aliphatic heterocycles. The third-order valence-corrected chi connectivity index (χ3v) is 6.63. The number of aryl methyl sites for hydroxylation is 1. The number of ether oxygens (including phenoxy) is 1. The molecular weight excluding hydrogens is 438 g/mol. The van der Waals surface area contributed by atoms with Crippen LogP contribution in [0.5, 0.6) is 0 Å². The maximum atomic E-state index is 13.1. The number of nitrogens with two attached hydrogens (primary N) is 1. The van der Waals surface area contributed by atoms with E-state index in [4.69, 9.17) is 31.5 Å². The van der Waals surface area contributed by atoms with E-state index in [1.807, 2.05) is 41.8 Å². The first-order valence-electron chi connectivity index (χ1n) is 11.3. The minimum atomic E-state index is -0.329. The third-order valence-electron chi connectivity index (χ3n) is 6.24. The Kier molecular flexibility index (Phi) is 5.62. The second-order valence-electron chi connectivity index (χ2n) is 8.34. The fourth-order valence-corrected chi connectivity index (χ4v) is 4.91. The van der Waals surface area contributed by atoms with Crippen molar-refractivity contribution in [3.63, 3.8) is 0 Å². The molecule has 0 saturated heterocycles. The number of para-hydroxylation sites is 1. The van der Waals surface area contributed by atoms with E-state index in [0.717, 1.165) is 52.2 Å². The van der Waals surface area contributed by atoms with Gasteiger partial charge in [0.05, 0.1) is 36.4 Å². The van der Waals surface area contributed by atoms with Crippen LogP contribution in [-0.4, -0.2) is 22.1 Å². The van der Waals surface area contributed by atoms with Crippen molar-refractivity contribution < 1.29 is 13.9 Å². The summed E-state index contributed by atoms with van der Waals surface area (Å²) in [6.07, 6.45) is 6.08. The average molecular weight is 464 g/mol. The number of imidazole rings is 1. The molecule has 7 heteroatoms. The molecule has 0 bridgehead atoms. The van der Waals surface area contributed by atoms with Crippen LogP contribution < -0.4 is 5.73 Å². The second-order valence-corrected chi connectivity index (χ2v) is 8.71. The molecule has 33 heavy (non-hydrogen) atoms. The van der Waals surface area contributed by atoms with Crippen molar-refractivity contribution in [2.45, 2.75) is 45.6 Å². The Morgan fingerprint density at radius 1 is 1.21 bits per heavy atom. The summed E-state index contributed by atoms with van der Waals surface area (Å²) >= 11 is 6.89. The van der Waals surface area contributed by atoms with E-state index in [1.165, 1.54) is 0 Å². The zero-order chi connectivity index (χ0) is 23.1. The molecule has 1 aromatic carbocycles. The summed E-state index contributed by atoms with van der Waals surface area (Å²) in [6, 6.07) is 9.58. The van der Waals surface area contributed by atoms with Gasteiger partial charge in [-0.25, -0.2) is 9.78 Å². The van der Waals surface area contributed by atoms with Crippen LogP contribution in [0.15, 0.2) is 47.3 Å². The van der Waals surface area contributed by atoms with Gasteiger partial charge in [-0.3, -0.25) is 0 Å². The van der Waals surface area contributed by atoms with Gasteiger partial charge < -0.3 is 19.5 Å². The molecule has 2 aromatic rings. The van der Waals surface area contributed by atoms with E-state index < -0.39 is 0 Å². The van der Waals surface area contributed by atoms with Gasteiger partial charge in [0.1, 0.15) is 5.82 Å². The van der Waals surface area contributed by atoms with Crippen LogP contribution in [0.1, 0.15) is 60.2 Å². The number of benzene rings is 1. The number of aromatic nitrogens is 2. The lowest BCUT2D eigenvalue weighted by Crippen LogP contribution is -2.16. The molecular formula is C26H26ClN3O3. The minimum absolute atomic E-state index is 0.314. The molecule has 3 aliphatic rings. The Morgan fingerprint density at radius 3 is 2.70 bits per heavy atom. The Labute approximate surface area is 197 Å². The fraction of sp³-hybridized carbons (Fsp3) is 0.308. The zero-order valence-corrected chi connectivity index (χ0v) is 19.5. The van der Waals surface area contributed by atoms with E-state index in [-0.39, 0.29) is 5.97 Å². The summed E-state index contributed by atoms with van der Waals surface area (Å²) in [5.74, 6) is 0.848. The quantitative estimate of drug-likeness (QED) is 0.262. The van der Waals surface area contributed by atoms with E-state index >= 15 is 0 Å². The van der Waals surface area contributed by atoms with Gasteiger partial charge in [0.15, 0.2) is 5.69 Å². The van der Waals surface area contributed by atoms with Crippen molar-refractivity contribution in [1.29, 1.82) is 0 Å². The fourth-order valence-electron chi connectivity index (χ4n) is 4.55. The predicted octanol–water partition coefficient (Wildman–Crippen LogP) is 6.15. The highest BCUT2D eigenvalue weighted by Crippen LogP contribution is 2.48. The van der Waals surface area contributed by atoms with Crippen LogP contribution in [0.25, 0.3) is 22.3 Å². The lowest BCUT2D eigenvalue weighted by molar-refractivity contribution is 0.0512. The van der Waals surface area contributed by atoms with Gasteiger partial charge in [0, 0.05) is 34.7 Å². The SMILES string of the molecule is CCOC(=O)c1c(C2CC2)nc(CC)n1Cc1c2ccocc-2c(Cl)c1-c1ccccc1N. The van der Waals surface area contributed by atoms with Gasteiger partial charge in [-0.2, -0.15) is 0 Å². The first-order valence-corrected chi connectivity index (χ1v) is 11.7. The van der Waals surface area contributed by atoms with Crippen molar-refractivity contribution in [1.82, 2.24) is 9.55 Å². The average Bonchev–Trinajstić information content (AvgIpc) is 3.55. The molecule has 0 radical (unpaired) electrons. The molecule has 6 nitrogen and oxygen atoms in total. The van der Waals surface area contributed by atoms with Crippen molar-refractivity contribution >= 4 is 23.3 Å². The topological polar surface area (TPSA) is 83.3 Å². The van der Waals surface area contributed by atoms with E-state index in [1.54, 1.807) is 12.5 Å². The number of nitrogens with zero attached hydrogens (tertiary/aromatic N) is 2. The van der Waals surface area contributed by atoms with Crippen molar-refractivity contribution in [3.05, 3.63) is 70.7 Å². The van der Waals surface area contributed by atoms with Crippen LogP contribution in [0, 0.1) is 0 Å². The molecule has 1 fully saturated rings. The number of rotatable bonds is 7. The number of fused-ring (bicyclic) bond motifs is 1. The molecule has 1 aromatic heterocycles. The lowest BCUT2D eigenvalue weighted by Gasteiger charge is -2.15. The predicted molar refractivity (Wildman–Crippen MR) is 129 cm³/mol. The number of hydrogen-bond acceptors (Lipinski definition) is 5. The van der Waals surface area contributed by atoms with Gasteiger partial charge in [0.25, 0.3) is 0 Å². The zero-order valence-electron chi connectivity index (χ0n) is 18.7. The van der Waals surface area contributed by atoms with Gasteiger partial charge in [0.2, 0.25) is 0 Å². The Hall–Kier alpha value is -3.25. The van der Waals surface area contributed by atoms with Crippen LogP contribution in [0.4, 0.5) is 5.69 Å². The molecule has 1 saturated carbocycles. The monoisotopic (exact) mass is 463 g/mol. The standard InChI is InChI=1S/C26H26ClN3O3/c1-3-21-29-24(15-9-10-15)25(26(31)33-4-2)30(21)13-18-16-11-12-32-14-19(16)23(27)22(18)17-7-5-6-8-20(17)28/h5-8,11-12,14-15H,3-4,9-10,13,28H2,1-2H3. The first kappa shape index (κ1) is 21.6. The summed E-state index contributed by atoms with van der Waals surface area (Å²) in [6.45, 7) is 4.61. The summed E-state index contributed by atoms with van der Waals surface area (Å²) in [5.41, 5.74) is 12.8. The first-order chi connectivity index (χ1) is 16.0. The number of anilines is 1. The number of hydrogen-bond donors (Lipinski definition) is 1. The van der Waals surface area contributed by atoms with Crippen molar-refractivity contribution in [2.24, 2.45) is 0 Å². The van der Waals surface area contributed by atoms with E-state index in [2.05, 4.69) is 6.92 Å². The van der Waals surface area contributed by atoms with Gasteiger partial charge >= 0.3 is 5.97 Å². The summed E-state index contributed by atoms with van der Waals surface area (Å²) < 4.78 is 12.9. The van der Waals surface area contributed by atoms with E-state index in [0.29, 0.717) is 41.9 Å². The number of nitrogen functional groups attached to an aromatic ring is 1. The van der Waals surface area contributed by atoms with Crippen LogP contribution in [0.2, 0.25) is 5.02 Å². The number of esters is 1. The number of halogens is 1. The molecule has 170 valence electrons. The van der Waals surface area contributed by atoms with E-state index in [9.17, 15) is 4.79 Å². The maximum absolute atomic E-state index is 13.1. The Morgan fingerprint density at radius 2 is 2.00 bits per heavy atom. The molecule has 0 unspecified atom stereocenters. The van der Waals surface area contributed by atoms with Gasteiger partial charge in [-0.15, -0.1) is 0 Å². The van der Waals surface area contributed by atoms with Gasteiger partial charge in [-0.05, 0) is 43.0 Å². The highest BCUT2D eigenvalue weighted by Gasteiger charge is 2.35. The summed E-state index contributed by atoms with van der Waals surface area (Å²) in [7, 11) is 0. The molecule has 2 N–H and O–H groups in total. The summed E-state index contributed by atoms with van der Waals surface area (Å²) in [4.78, 5) is 18.0. The van der Waals surface area contributed by atoms with Crippen LogP contribution in [-0.2, 0) is 17.7 Å². The molecule has 0 atom stereocenters. The lowest BCUT2D eigenvalue weighted by atomic mass is 10.0. The molecule has 5 rings (SSSR count). The molecule has 0 spiro atoms. The van der Waals surface area contributed by atoms with Crippen LogP contribution in [0.3, 0.4) is 0 Å². The smallest absolute Gasteiger partial charge is 0.356 e. The minimum Gasteiger partial charge on any atom is -0.472 e. The Balaban J connectivity index is 1.74. The molecule has 0 amide bonds. The third kappa shape index (κ3) is 3.68. The molecule has 2 aliphatic carbocycles. The number of carbonyl (C=O) groups is 1. The number of carbonyl (C=O) groups excluding carboxylic acids is 1. The highest BCUT2D eigenvalue weighted by molar-refractivity contribution is 6.37. The largest absolute Gasteiger partial charge is 0.472 e. The molecule has 2 heterocycles.